The summed E-state index contributed by atoms with van der Waals surface area (Å²) in [5, 5.41) is 2.20. The van der Waals surface area contributed by atoms with Crippen molar-refractivity contribution in [3.8, 4) is 0 Å². The molecule has 0 unspecified atom stereocenters. The van der Waals surface area contributed by atoms with Crippen molar-refractivity contribution in [1.29, 1.82) is 0 Å². The zero-order valence-corrected chi connectivity index (χ0v) is 9.69. The maximum absolute atomic E-state index is 10.9. The Balaban J connectivity index is 4.21. The van der Waals surface area contributed by atoms with E-state index in [1.165, 1.54) is 5.41 Å². The number of hydrogen-bond donors (Lipinski definition) is 0. The average Bonchev–Trinajstić information content (AvgIpc) is 1.84. The average molecular weight is 204 g/mol. The molecule has 0 bridgehead atoms. The van der Waals surface area contributed by atoms with Gasteiger partial charge in [-0.05, 0) is 6.04 Å². The van der Waals surface area contributed by atoms with Crippen LogP contribution in [-0.2, 0) is 9.84 Å². The van der Waals surface area contributed by atoms with Crippen molar-refractivity contribution in [3.63, 3.8) is 0 Å². The van der Waals surface area contributed by atoms with Crippen molar-refractivity contribution in [2.24, 2.45) is 0 Å². The topological polar surface area (TPSA) is 34.1 Å². The van der Waals surface area contributed by atoms with E-state index in [-0.39, 0.29) is 0 Å². The molecule has 0 atom stereocenters. The number of hydrogen-bond acceptors (Lipinski definition) is 2. The van der Waals surface area contributed by atoms with Gasteiger partial charge in [0, 0.05) is 18.9 Å². The summed E-state index contributed by atoms with van der Waals surface area (Å²) in [6.45, 7) is 9.80. The van der Waals surface area contributed by atoms with E-state index in [1.54, 1.807) is 6.08 Å². The van der Waals surface area contributed by atoms with Crippen LogP contribution >= 0.6 is 0 Å². The summed E-state index contributed by atoms with van der Waals surface area (Å²) >= 11 is 0. The summed E-state index contributed by atoms with van der Waals surface area (Å²) in [5.41, 5.74) is 0. The molecule has 12 heavy (non-hydrogen) atoms. The van der Waals surface area contributed by atoms with E-state index >= 15 is 0 Å². The van der Waals surface area contributed by atoms with Crippen LogP contribution in [-0.4, -0.2) is 16.5 Å². The fraction of sp³-hybridized carbons (Fsp3) is 0.500. The molecule has 0 aromatic heterocycles. The van der Waals surface area contributed by atoms with E-state index in [0.29, 0.717) is 0 Å². The van der Waals surface area contributed by atoms with Gasteiger partial charge in [-0.25, -0.2) is 8.42 Å². The van der Waals surface area contributed by atoms with E-state index in [1.807, 2.05) is 0 Å². The molecule has 4 heteroatoms. The first-order valence-electron chi connectivity index (χ1n) is 3.81. The highest BCUT2D eigenvalue weighted by Gasteiger charge is 2.10. The van der Waals surface area contributed by atoms with Gasteiger partial charge in [0.15, 0.2) is 9.84 Å². The Bertz CT molecular complexity index is 270. The summed E-state index contributed by atoms with van der Waals surface area (Å²) in [4.78, 5) is 0. The SMILES string of the molecule is C=CS(=O)(=O)C=CC[Si](C)(C)C. The monoisotopic (exact) mass is 204 g/mol. The van der Waals surface area contributed by atoms with E-state index in [9.17, 15) is 8.42 Å². The van der Waals surface area contributed by atoms with Crippen LogP contribution in [0.15, 0.2) is 23.5 Å². The summed E-state index contributed by atoms with van der Waals surface area (Å²) in [6, 6.07) is 0.889. The number of rotatable bonds is 4. The van der Waals surface area contributed by atoms with Crippen LogP contribution in [0, 0.1) is 0 Å². The minimum absolute atomic E-state index is 0.889. The summed E-state index contributed by atoms with van der Waals surface area (Å²) in [7, 11) is -4.29. The Morgan fingerprint density at radius 1 is 1.33 bits per heavy atom. The van der Waals surface area contributed by atoms with Gasteiger partial charge in [-0.1, -0.05) is 32.3 Å². The van der Waals surface area contributed by atoms with Gasteiger partial charge in [0.2, 0.25) is 0 Å². The minimum atomic E-state index is -3.14. The Hall–Kier alpha value is -0.353. The summed E-state index contributed by atoms with van der Waals surface area (Å²) < 4.78 is 21.8. The molecule has 0 spiro atoms. The first-order valence-corrected chi connectivity index (χ1v) is 9.12. The molecule has 0 radical (unpaired) electrons. The third-order valence-electron chi connectivity index (χ3n) is 1.25. The largest absolute Gasteiger partial charge is 0.220 e. The normalized spacial score (nSPS) is 13.6. The van der Waals surface area contributed by atoms with Crippen LogP contribution in [0.3, 0.4) is 0 Å². The highest BCUT2D eigenvalue weighted by atomic mass is 32.2. The smallest absolute Gasteiger partial charge is 0.192 e. The first kappa shape index (κ1) is 11.6. The van der Waals surface area contributed by atoms with Gasteiger partial charge >= 0.3 is 0 Å². The molecule has 0 saturated heterocycles. The standard InChI is InChI=1S/C8H16O2SSi/c1-5-11(9,10)7-6-8-12(2,3)4/h5-7H,1,8H2,2-4H3. The molecule has 0 aromatic rings. The van der Waals surface area contributed by atoms with Crippen molar-refractivity contribution in [3.05, 3.63) is 23.5 Å². The molecule has 0 heterocycles. The maximum atomic E-state index is 10.9. The second-order valence-corrected chi connectivity index (χ2v) is 11.2. The first-order chi connectivity index (χ1) is 5.27. The molecule has 0 N–H and O–H groups in total. The predicted molar refractivity (Wildman–Crippen MR) is 56.4 cm³/mol. The van der Waals surface area contributed by atoms with Gasteiger partial charge in [0.25, 0.3) is 0 Å². The third kappa shape index (κ3) is 6.36. The fourth-order valence-corrected chi connectivity index (χ4v) is 2.06. The summed E-state index contributed by atoms with van der Waals surface area (Å²) in [5.74, 6) is 0. The zero-order valence-electron chi connectivity index (χ0n) is 7.87. The lowest BCUT2D eigenvalue weighted by atomic mass is 10.8. The maximum Gasteiger partial charge on any atom is 0.192 e. The van der Waals surface area contributed by atoms with Crippen LogP contribution < -0.4 is 0 Å². The lowest BCUT2D eigenvalue weighted by molar-refractivity contribution is 0.612. The van der Waals surface area contributed by atoms with Gasteiger partial charge in [-0.15, -0.1) is 0 Å². The highest BCUT2D eigenvalue weighted by molar-refractivity contribution is 7.97. The molecule has 2 nitrogen and oxygen atoms in total. The quantitative estimate of drug-likeness (QED) is 0.659. The van der Waals surface area contributed by atoms with Gasteiger partial charge in [0.1, 0.15) is 0 Å². The molecule has 0 aliphatic rings. The molecule has 0 amide bonds. The van der Waals surface area contributed by atoms with Crippen LogP contribution in [0.1, 0.15) is 0 Å². The van der Waals surface area contributed by atoms with Gasteiger partial charge in [0.05, 0.1) is 0 Å². The van der Waals surface area contributed by atoms with Gasteiger partial charge < -0.3 is 0 Å². The lowest BCUT2D eigenvalue weighted by Gasteiger charge is -2.11. The van der Waals surface area contributed by atoms with E-state index in [0.717, 1.165) is 11.5 Å². The predicted octanol–water partition coefficient (Wildman–Crippen LogP) is 2.40. The third-order valence-corrected chi connectivity index (χ3v) is 3.75. The number of allylic oxidation sites excluding steroid dienone is 1. The van der Waals surface area contributed by atoms with Crippen molar-refractivity contribution >= 4 is 17.9 Å². The van der Waals surface area contributed by atoms with Crippen LogP contribution in [0.25, 0.3) is 0 Å². The van der Waals surface area contributed by atoms with Crippen molar-refractivity contribution in [2.45, 2.75) is 25.7 Å². The molecular formula is C8H16O2SSi. The van der Waals surface area contributed by atoms with Crippen LogP contribution in [0.4, 0.5) is 0 Å². The van der Waals surface area contributed by atoms with Crippen molar-refractivity contribution in [2.75, 3.05) is 0 Å². The second kappa shape index (κ2) is 4.05. The van der Waals surface area contributed by atoms with Crippen LogP contribution in [0.5, 0.6) is 0 Å². The van der Waals surface area contributed by atoms with E-state index < -0.39 is 17.9 Å². The highest BCUT2D eigenvalue weighted by Crippen LogP contribution is 2.09. The van der Waals surface area contributed by atoms with Crippen LogP contribution in [0.2, 0.25) is 25.7 Å². The van der Waals surface area contributed by atoms with Crippen molar-refractivity contribution in [1.82, 2.24) is 0 Å². The molecule has 0 fully saturated rings. The number of sulfone groups is 1. The fourth-order valence-electron chi connectivity index (χ4n) is 0.591. The van der Waals surface area contributed by atoms with E-state index in [4.69, 9.17) is 0 Å². The Morgan fingerprint density at radius 3 is 2.17 bits per heavy atom. The summed E-state index contributed by atoms with van der Waals surface area (Å²) in [6.07, 6.45) is 1.73. The lowest BCUT2D eigenvalue weighted by Crippen LogP contribution is -2.17. The zero-order chi connectivity index (χ0) is 9.83. The molecule has 0 aromatic carbocycles. The molecule has 70 valence electrons. The molecule has 0 rings (SSSR count). The molecule has 0 aliphatic carbocycles. The van der Waals surface area contributed by atoms with E-state index in [2.05, 4.69) is 26.2 Å². The van der Waals surface area contributed by atoms with Gasteiger partial charge in [-0.3, -0.25) is 0 Å². The molecular weight excluding hydrogens is 188 g/mol. The Morgan fingerprint density at radius 2 is 1.83 bits per heavy atom. The Kier molecular flexibility index (Phi) is 3.93. The second-order valence-electron chi connectivity index (χ2n) is 3.89. The molecule has 0 saturated carbocycles. The van der Waals surface area contributed by atoms with Crippen molar-refractivity contribution < 1.29 is 8.42 Å². The van der Waals surface area contributed by atoms with Gasteiger partial charge in [-0.2, -0.15) is 0 Å². The Labute approximate surface area is 75.9 Å². The molecule has 0 aliphatic heterocycles. The minimum Gasteiger partial charge on any atom is -0.220 e.